The summed E-state index contributed by atoms with van der Waals surface area (Å²) in [6, 6.07) is 12.3. The number of amides is 1. The van der Waals surface area contributed by atoms with E-state index in [-0.39, 0.29) is 24.6 Å². The van der Waals surface area contributed by atoms with Crippen LogP contribution in [0.2, 0.25) is 0 Å². The first kappa shape index (κ1) is 18.7. The Morgan fingerprint density at radius 1 is 1.16 bits per heavy atom. The summed E-state index contributed by atoms with van der Waals surface area (Å²) in [5, 5.41) is 2.66. The van der Waals surface area contributed by atoms with Gasteiger partial charge in [-0.05, 0) is 36.4 Å². The molecule has 0 unspecified atom stereocenters. The van der Waals surface area contributed by atoms with E-state index in [1.54, 1.807) is 24.3 Å². The first-order valence-electron chi connectivity index (χ1n) is 7.47. The minimum atomic E-state index is -3.72. The third kappa shape index (κ3) is 5.18. The molecule has 2 aromatic carbocycles. The molecule has 0 aromatic heterocycles. The second kappa shape index (κ2) is 7.98. The standard InChI is InChI=1S/C17H19FN2O4S/c1-24-14-9-7-13(8-10-14)19-17(21)11-12-20(25(2,22)23)16-6-4-3-5-15(16)18/h3-10H,11-12H2,1-2H3,(H,19,21). The molecular formula is C17H19FN2O4S. The smallest absolute Gasteiger partial charge is 0.232 e. The van der Waals surface area contributed by atoms with Gasteiger partial charge in [-0.15, -0.1) is 0 Å². The SMILES string of the molecule is COc1ccc(NC(=O)CCN(c2ccccc2F)S(C)(=O)=O)cc1. The summed E-state index contributed by atoms with van der Waals surface area (Å²) >= 11 is 0. The largest absolute Gasteiger partial charge is 0.497 e. The number of rotatable bonds is 7. The lowest BCUT2D eigenvalue weighted by Gasteiger charge is -2.22. The maximum atomic E-state index is 13.9. The zero-order valence-electron chi connectivity index (χ0n) is 13.9. The van der Waals surface area contributed by atoms with E-state index >= 15 is 0 Å². The fraction of sp³-hybridized carbons (Fsp3) is 0.235. The van der Waals surface area contributed by atoms with Crippen LogP contribution in [0.4, 0.5) is 15.8 Å². The van der Waals surface area contributed by atoms with Crippen molar-refractivity contribution in [3.05, 3.63) is 54.3 Å². The highest BCUT2D eigenvalue weighted by molar-refractivity contribution is 7.92. The van der Waals surface area contributed by atoms with Crippen LogP contribution in [0.3, 0.4) is 0 Å². The van der Waals surface area contributed by atoms with E-state index in [1.807, 2.05) is 0 Å². The molecule has 8 heteroatoms. The lowest BCUT2D eigenvalue weighted by atomic mass is 10.2. The highest BCUT2D eigenvalue weighted by Crippen LogP contribution is 2.22. The molecule has 0 aliphatic heterocycles. The van der Waals surface area contributed by atoms with Crippen molar-refractivity contribution >= 4 is 27.3 Å². The van der Waals surface area contributed by atoms with Crippen molar-refractivity contribution in [1.29, 1.82) is 0 Å². The molecule has 0 atom stereocenters. The number of carbonyl (C=O) groups excluding carboxylic acids is 1. The molecule has 1 amide bonds. The van der Waals surface area contributed by atoms with E-state index in [9.17, 15) is 17.6 Å². The number of hydrogen-bond acceptors (Lipinski definition) is 4. The average Bonchev–Trinajstić information content (AvgIpc) is 2.56. The van der Waals surface area contributed by atoms with Crippen molar-refractivity contribution in [2.75, 3.05) is 29.5 Å². The molecule has 2 rings (SSSR count). The Labute approximate surface area is 146 Å². The maximum Gasteiger partial charge on any atom is 0.232 e. The molecule has 0 heterocycles. The Morgan fingerprint density at radius 3 is 2.36 bits per heavy atom. The van der Waals surface area contributed by atoms with Gasteiger partial charge < -0.3 is 10.1 Å². The Kier molecular flexibility index (Phi) is 5.97. The summed E-state index contributed by atoms with van der Waals surface area (Å²) in [7, 11) is -2.18. The van der Waals surface area contributed by atoms with E-state index in [4.69, 9.17) is 4.74 Å². The van der Waals surface area contributed by atoms with Crippen molar-refractivity contribution in [2.45, 2.75) is 6.42 Å². The van der Waals surface area contributed by atoms with Crippen LogP contribution in [0.25, 0.3) is 0 Å². The summed E-state index contributed by atoms with van der Waals surface area (Å²) in [4.78, 5) is 12.1. The van der Waals surface area contributed by atoms with Crippen LogP contribution >= 0.6 is 0 Å². The van der Waals surface area contributed by atoms with Crippen LogP contribution in [0.15, 0.2) is 48.5 Å². The Hall–Kier alpha value is -2.61. The van der Waals surface area contributed by atoms with Crippen LogP contribution in [0, 0.1) is 5.82 Å². The Morgan fingerprint density at radius 2 is 1.80 bits per heavy atom. The predicted octanol–water partition coefficient (Wildman–Crippen LogP) is 2.63. The zero-order valence-corrected chi connectivity index (χ0v) is 14.7. The highest BCUT2D eigenvalue weighted by atomic mass is 32.2. The lowest BCUT2D eigenvalue weighted by Crippen LogP contribution is -2.33. The molecule has 0 saturated carbocycles. The van der Waals surface area contributed by atoms with E-state index in [1.165, 1.54) is 31.4 Å². The monoisotopic (exact) mass is 366 g/mol. The van der Waals surface area contributed by atoms with Crippen molar-refractivity contribution in [1.82, 2.24) is 0 Å². The van der Waals surface area contributed by atoms with Gasteiger partial charge in [-0.1, -0.05) is 12.1 Å². The second-order valence-corrected chi connectivity index (χ2v) is 7.22. The Bertz CT molecular complexity index is 838. The minimum Gasteiger partial charge on any atom is -0.497 e. The number of benzene rings is 2. The number of para-hydroxylation sites is 1. The summed E-state index contributed by atoms with van der Waals surface area (Å²) in [6.45, 7) is -0.165. The van der Waals surface area contributed by atoms with Gasteiger partial charge >= 0.3 is 0 Å². The number of sulfonamides is 1. The van der Waals surface area contributed by atoms with Crippen molar-refractivity contribution in [2.24, 2.45) is 0 Å². The molecule has 6 nitrogen and oxygen atoms in total. The summed E-state index contributed by atoms with van der Waals surface area (Å²) in [5.74, 6) is -0.389. The van der Waals surface area contributed by atoms with Gasteiger partial charge in [0.05, 0.1) is 19.1 Å². The Balaban J connectivity index is 2.05. The summed E-state index contributed by atoms with van der Waals surface area (Å²) in [5.41, 5.74) is 0.477. The third-order valence-corrected chi connectivity index (χ3v) is 4.62. The molecular weight excluding hydrogens is 347 g/mol. The van der Waals surface area contributed by atoms with Crippen LogP contribution in [0.1, 0.15) is 6.42 Å². The van der Waals surface area contributed by atoms with E-state index < -0.39 is 15.8 Å². The molecule has 25 heavy (non-hydrogen) atoms. The van der Waals surface area contributed by atoms with Gasteiger partial charge in [0.15, 0.2) is 0 Å². The number of hydrogen-bond donors (Lipinski definition) is 1. The van der Waals surface area contributed by atoms with Crippen molar-refractivity contribution in [3.63, 3.8) is 0 Å². The van der Waals surface area contributed by atoms with Gasteiger partial charge in [0.25, 0.3) is 0 Å². The molecule has 0 bridgehead atoms. The first-order chi connectivity index (χ1) is 11.8. The van der Waals surface area contributed by atoms with Crippen molar-refractivity contribution in [3.8, 4) is 5.75 Å². The van der Waals surface area contributed by atoms with Gasteiger partial charge in [-0.3, -0.25) is 9.10 Å². The van der Waals surface area contributed by atoms with Crippen LogP contribution in [-0.2, 0) is 14.8 Å². The number of halogens is 1. The molecule has 2 aromatic rings. The lowest BCUT2D eigenvalue weighted by molar-refractivity contribution is -0.116. The molecule has 0 fully saturated rings. The minimum absolute atomic E-state index is 0.0813. The molecule has 0 aliphatic rings. The topological polar surface area (TPSA) is 75.7 Å². The number of anilines is 2. The summed E-state index contributed by atoms with van der Waals surface area (Å²) < 4.78 is 43.7. The number of methoxy groups -OCH3 is 1. The first-order valence-corrected chi connectivity index (χ1v) is 9.32. The van der Waals surface area contributed by atoms with Crippen LogP contribution < -0.4 is 14.4 Å². The maximum absolute atomic E-state index is 13.9. The van der Waals surface area contributed by atoms with Gasteiger partial charge in [-0.25, -0.2) is 12.8 Å². The fourth-order valence-corrected chi connectivity index (χ4v) is 3.15. The van der Waals surface area contributed by atoms with E-state index in [0.29, 0.717) is 11.4 Å². The number of carbonyl (C=O) groups is 1. The van der Waals surface area contributed by atoms with Crippen LogP contribution in [0.5, 0.6) is 5.75 Å². The van der Waals surface area contributed by atoms with Gasteiger partial charge in [0.1, 0.15) is 11.6 Å². The molecule has 1 N–H and O–H groups in total. The summed E-state index contributed by atoms with van der Waals surface area (Å²) in [6.07, 6.45) is 0.855. The third-order valence-electron chi connectivity index (χ3n) is 3.44. The molecule has 0 spiro atoms. The molecule has 0 radical (unpaired) electrons. The highest BCUT2D eigenvalue weighted by Gasteiger charge is 2.21. The predicted molar refractivity (Wildman–Crippen MR) is 94.8 cm³/mol. The molecule has 0 aliphatic carbocycles. The number of ether oxygens (including phenoxy) is 1. The van der Waals surface area contributed by atoms with E-state index in [2.05, 4.69) is 5.32 Å². The fourth-order valence-electron chi connectivity index (χ4n) is 2.22. The van der Waals surface area contributed by atoms with Crippen molar-refractivity contribution < 1.29 is 22.3 Å². The van der Waals surface area contributed by atoms with Crippen LogP contribution in [-0.4, -0.2) is 34.2 Å². The molecule has 0 saturated heterocycles. The average molecular weight is 366 g/mol. The number of nitrogens with zero attached hydrogens (tertiary/aromatic N) is 1. The zero-order chi connectivity index (χ0) is 18.4. The number of nitrogens with one attached hydrogen (secondary N) is 1. The normalized spacial score (nSPS) is 11.0. The molecule has 134 valence electrons. The van der Waals surface area contributed by atoms with E-state index in [0.717, 1.165) is 10.6 Å². The van der Waals surface area contributed by atoms with Gasteiger partial charge in [0, 0.05) is 18.7 Å². The second-order valence-electron chi connectivity index (χ2n) is 5.31. The van der Waals surface area contributed by atoms with Gasteiger partial charge in [0.2, 0.25) is 15.9 Å². The van der Waals surface area contributed by atoms with Gasteiger partial charge in [-0.2, -0.15) is 0 Å². The quantitative estimate of drug-likeness (QED) is 0.817.